The van der Waals surface area contributed by atoms with Gasteiger partial charge in [0, 0.05) is 6.42 Å². The molecule has 1 aromatic heterocycles. The van der Waals surface area contributed by atoms with Crippen molar-refractivity contribution >= 4 is 11.0 Å². The van der Waals surface area contributed by atoms with Crippen molar-refractivity contribution in [1.82, 2.24) is 9.55 Å². The maximum atomic E-state index is 10.5. The molecule has 1 atom stereocenters. The number of imidazole rings is 1. The number of fused-ring (bicyclic) bond motifs is 1. The third-order valence-corrected chi connectivity index (χ3v) is 3.83. The first-order chi connectivity index (χ1) is 10.7. The molecule has 0 fully saturated rings. The molecule has 0 bridgehead atoms. The van der Waals surface area contributed by atoms with Gasteiger partial charge in [0.25, 0.3) is 0 Å². The molecular formula is C18H17N3O. The van der Waals surface area contributed by atoms with Crippen molar-refractivity contribution in [3.05, 3.63) is 65.5 Å². The zero-order chi connectivity index (χ0) is 15.5. The average molecular weight is 291 g/mol. The van der Waals surface area contributed by atoms with Gasteiger partial charge in [-0.25, -0.2) is 4.98 Å². The highest BCUT2D eigenvalue weighted by molar-refractivity contribution is 5.75. The van der Waals surface area contributed by atoms with Crippen LogP contribution in [-0.4, -0.2) is 14.7 Å². The van der Waals surface area contributed by atoms with Gasteiger partial charge in [0.2, 0.25) is 0 Å². The fourth-order valence-electron chi connectivity index (χ4n) is 2.66. The van der Waals surface area contributed by atoms with E-state index >= 15 is 0 Å². The van der Waals surface area contributed by atoms with Crippen LogP contribution in [0.5, 0.6) is 0 Å². The number of benzene rings is 2. The van der Waals surface area contributed by atoms with Crippen LogP contribution in [0.3, 0.4) is 0 Å². The molecule has 0 saturated carbocycles. The number of para-hydroxylation sites is 2. The maximum Gasteiger partial charge on any atom is 0.109 e. The third kappa shape index (κ3) is 2.59. The van der Waals surface area contributed by atoms with Crippen molar-refractivity contribution in [3.8, 4) is 6.07 Å². The third-order valence-electron chi connectivity index (χ3n) is 3.83. The molecule has 1 N–H and O–H groups in total. The number of nitriles is 1. The minimum Gasteiger partial charge on any atom is -0.387 e. The second-order valence-corrected chi connectivity index (χ2v) is 5.23. The van der Waals surface area contributed by atoms with Crippen molar-refractivity contribution in [2.45, 2.75) is 26.0 Å². The Hall–Kier alpha value is -2.64. The normalized spacial score (nSPS) is 12.2. The van der Waals surface area contributed by atoms with Gasteiger partial charge in [0.15, 0.2) is 0 Å². The van der Waals surface area contributed by atoms with Crippen molar-refractivity contribution < 1.29 is 5.11 Å². The van der Waals surface area contributed by atoms with Gasteiger partial charge in [0.05, 0.1) is 35.3 Å². The standard InChI is InChI=1S/C18H17N3O/c1-2-18-20-15-5-3-4-6-16(15)21(18)12-17(22)14-9-7-13(11-19)8-10-14/h3-10,17,22H,2,12H2,1H3. The molecule has 0 aliphatic heterocycles. The topological polar surface area (TPSA) is 61.8 Å². The van der Waals surface area contributed by atoms with Gasteiger partial charge in [-0.1, -0.05) is 31.2 Å². The summed E-state index contributed by atoms with van der Waals surface area (Å²) < 4.78 is 2.07. The number of aromatic nitrogens is 2. The lowest BCUT2D eigenvalue weighted by Crippen LogP contribution is -2.11. The lowest BCUT2D eigenvalue weighted by molar-refractivity contribution is 0.157. The molecule has 0 saturated heterocycles. The van der Waals surface area contributed by atoms with Gasteiger partial charge in [-0.3, -0.25) is 0 Å². The Morgan fingerprint density at radius 3 is 2.59 bits per heavy atom. The summed E-state index contributed by atoms with van der Waals surface area (Å²) in [7, 11) is 0. The molecule has 0 spiro atoms. The molecule has 110 valence electrons. The Balaban J connectivity index is 1.93. The van der Waals surface area contributed by atoms with Gasteiger partial charge >= 0.3 is 0 Å². The van der Waals surface area contributed by atoms with Gasteiger partial charge in [-0.2, -0.15) is 5.26 Å². The SMILES string of the molecule is CCc1nc2ccccc2n1CC(O)c1ccc(C#N)cc1. The molecule has 4 nitrogen and oxygen atoms in total. The molecule has 22 heavy (non-hydrogen) atoms. The van der Waals surface area contributed by atoms with Gasteiger partial charge < -0.3 is 9.67 Å². The summed E-state index contributed by atoms with van der Waals surface area (Å²) in [5, 5.41) is 19.3. The van der Waals surface area contributed by atoms with Crippen LogP contribution in [0.2, 0.25) is 0 Å². The number of aliphatic hydroxyl groups excluding tert-OH is 1. The summed E-state index contributed by atoms with van der Waals surface area (Å²) >= 11 is 0. The highest BCUT2D eigenvalue weighted by Crippen LogP contribution is 2.22. The summed E-state index contributed by atoms with van der Waals surface area (Å²) in [6.07, 6.45) is 0.185. The van der Waals surface area contributed by atoms with Crippen molar-refractivity contribution in [1.29, 1.82) is 5.26 Å². The van der Waals surface area contributed by atoms with Crippen molar-refractivity contribution in [2.75, 3.05) is 0 Å². The van der Waals surface area contributed by atoms with E-state index in [1.165, 1.54) is 0 Å². The first-order valence-corrected chi connectivity index (χ1v) is 7.35. The Bertz CT molecular complexity index is 828. The van der Waals surface area contributed by atoms with Gasteiger partial charge in [-0.05, 0) is 29.8 Å². The second kappa shape index (κ2) is 6.00. The summed E-state index contributed by atoms with van der Waals surface area (Å²) in [5.41, 5.74) is 3.38. The van der Waals surface area contributed by atoms with Crippen LogP contribution < -0.4 is 0 Å². The lowest BCUT2D eigenvalue weighted by Gasteiger charge is -2.14. The molecule has 0 radical (unpaired) electrons. The van der Waals surface area contributed by atoms with Crippen molar-refractivity contribution in [2.24, 2.45) is 0 Å². The molecular weight excluding hydrogens is 274 g/mol. The molecule has 3 rings (SSSR count). The Morgan fingerprint density at radius 2 is 1.91 bits per heavy atom. The van der Waals surface area contributed by atoms with Crippen LogP contribution in [0.25, 0.3) is 11.0 Å². The lowest BCUT2D eigenvalue weighted by atomic mass is 10.1. The first-order valence-electron chi connectivity index (χ1n) is 7.35. The Kier molecular flexibility index (Phi) is 3.90. The smallest absolute Gasteiger partial charge is 0.109 e. The monoisotopic (exact) mass is 291 g/mol. The number of hydrogen-bond donors (Lipinski definition) is 1. The Morgan fingerprint density at radius 1 is 1.18 bits per heavy atom. The predicted molar refractivity (Wildman–Crippen MR) is 85.2 cm³/mol. The maximum absolute atomic E-state index is 10.5. The molecule has 0 aliphatic rings. The highest BCUT2D eigenvalue weighted by atomic mass is 16.3. The number of hydrogen-bond acceptors (Lipinski definition) is 3. The van der Waals surface area contributed by atoms with E-state index in [4.69, 9.17) is 5.26 Å². The summed E-state index contributed by atoms with van der Waals surface area (Å²) in [5.74, 6) is 0.967. The van der Waals surface area contributed by atoms with Crippen LogP contribution in [0.15, 0.2) is 48.5 Å². The van der Waals surface area contributed by atoms with E-state index in [0.717, 1.165) is 28.8 Å². The molecule has 2 aromatic carbocycles. The van der Waals surface area contributed by atoms with E-state index < -0.39 is 6.10 Å². The molecule has 3 aromatic rings. The zero-order valence-corrected chi connectivity index (χ0v) is 12.4. The predicted octanol–water partition coefficient (Wildman–Crippen LogP) is 3.20. The minimum atomic E-state index is -0.629. The van der Waals surface area contributed by atoms with E-state index in [-0.39, 0.29) is 0 Å². The number of aliphatic hydroxyl groups is 1. The first kappa shape index (κ1) is 14.3. The fraction of sp³-hybridized carbons (Fsp3) is 0.222. The number of rotatable bonds is 4. The number of aryl methyl sites for hydroxylation is 1. The van der Waals surface area contributed by atoms with Gasteiger partial charge in [0.1, 0.15) is 5.82 Å². The molecule has 4 heteroatoms. The fourth-order valence-corrected chi connectivity index (χ4v) is 2.66. The van der Waals surface area contributed by atoms with Crippen LogP contribution >= 0.6 is 0 Å². The van der Waals surface area contributed by atoms with E-state index in [1.54, 1.807) is 24.3 Å². The molecule has 0 amide bonds. The highest BCUT2D eigenvalue weighted by Gasteiger charge is 2.14. The summed E-state index contributed by atoms with van der Waals surface area (Å²) in [4.78, 5) is 4.61. The van der Waals surface area contributed by atoms with Crippen LogP contribution in [0.4, 0.5) is 0 Å². The van der Waals surface area contributed by atoms with Crippen LogP contribution in [-0.2, 0) is 13.0 Å². The largest absolute Gasteiger partial charge is 0.387 e. The quantitative estimate of drug-likeness (QED) is 0.803. The minimum absolute atomic E-state index is 0.454. The van der Waals surface area contributed by atoms with Crippen LogP contribution in [0, 0.1) is 11.3 Å². The van der Waals surface area contributed by atoms with E-state index in [0.29, 0.717) is 12.1 Å². The molecule has 1 unspecified atom stereocenters. The van der Waals surface area contributed by atoms with E-state index in [2.05, 4.69) is 22.5 Å². The van der Waals surface area contributed by atoms with Crippen molar-refractivity contribution in [3.63, 3.8) is 0 Å². The van der Waals surface area contributed by atoms with E-state index in [1.807, 2.05) is 24.3 Å². The Labute approximate surface area is 129 Å². The average Bonchev–Trinajstić information content (AvgIpc) is 2.93. The summed E-state index contributed by atoms with van der Waals surface area (Å²) in [6, 6.07) is 17.1. The van der Waals surface area contributed by atoms with E-state index in [9.17, 15) is 5.11 Å². The van der Waals surface area contributed by atoms with Crippen LogP contribution in [0.1, 0.15) is 30.0 Å². The number of nitrogens with zero attached hydrogens (tertiary/aromatic N) is 3. The summed E-state index contributed by atoms with van der Waals surface area (Å²) in [6.45, 7) is 2.52. The van der Waals surface area contributed by atoms with Gasteiger partial charge in [-0.15, -0.1) is 0 Å². The second-order valence-electron chi connectivity index (χ2n) is 5.23. The molecule has 0 aliphatic carbocycles. The molecule has 1 heterocycles. The zero-order valence-electron chi connectivity index (χ0n) is 12.4.